The lowest BCUT2D eigenvalue weighted by Crippen LogP contribution is -2.23. The summed E-state index contributed by atoms with van der Waals surface area (Å²) in [5, 5.41) is 9.09. The Balaban J connectivity index is 1.90. The molecule has 2 aromatic rings. The molecule has 1 fully saturated rings. The molecule has 0 unspecified atom stereocenters. The van der Waals surface area contributed by atoms with E-state index >= 15 is 0 Å². The Kier molecular flexibility index (Phi) is 3.81. The lowest BCUT2D eigenvalue weighted by atomic mass is 10.0. The second-order valence-electron chi connectivity index (χ2n) is 5.88. The highest BCUT2D eigenvalue weighted by atomic mass is 15.2. The van der Waals surface area contributed by atoms with Gasteiger partial charge in [-0.3, -0.25) is 4.90 Å². The van der Waals surface area contributed by atoms with E-state index in [4.69, 9.17) is 5.26 Å². The van der Waals surface area contributed by atoms with Gasteiger partial charge in [0, 0.05) is 24.8 Å². The minimum absolute atomic E-state index is 0.464. The normalized spacial score (nSPS) is 16.8. The maximum Gasteiger partial charge on any atom is 0.120 e. The summed E-state index contributed by atoms with van der Waals surface area (Å²) in [4.78, 5) is 2.55. The number of hydrogen-bond donors (Lipinski definition) is 0. The summed E-state index contributed by atoms with van der Waals surface area (Å²) in [7, 11) is 1.92. The van der Waals surface area contributed by atoms with Crippen molar-refractivity contribution in [3.05, 3.63) is 47.8 Å². The topological polar surface area (TPSA) is 32.0 Å². The van der Waals surface area contributed by atoms with Crippen LogP contribution in [0.5, 0.6) is 0 Å². The summed E-state index contributed by atoms with van der Waals surface area (Å²) in [5.41, 5.74) is 4.36. The van der Waals surface area contributed by atoms with Crippen molar-refractivity contribution < 1.29 is 0 Å². The van der Waals surface area contributed by atoms with Gasteiger partial charge in [0.2, 0.25) is 0 Å². The van der Waals surface area contributed by atoms with Crippen molar-refractivity contribution in [2.75, 3.05) is 13.1 Å². The third-order valence-corrected chi connectivity index (χ3v) is 4.51. The molecule has 1 aromatic carbocycles. The molecular formula is C18H21N3. The number of aromatic nitrogens is 1. The first kappa shape index (κ1) is 13.9. The average Bonchev–Trinajstić information content (AvgIpc) is 3.16. The minimum atomic E-state index is 0.464. The molecule has 108 valence electrons. The molecule has 0 N–H and O–H groups in total. The molecule has 0 bridgehead atoms. The zero-order valence-electron chi connectivity index (χ0n) is 12.7. The smallest absolute Gasteiger partial charge is 0.120 e. The number of hydrogen-bond acceptors (Lipinski definition) is 2. The summed E-state index contributed by atoms with van der Waals surface area (Å²) in [5.74, 6) is 0. The van der Waals surface area contributed by atoms with E-state index < -0.39 is 0 Å². The van der Waals surface area contributed by atoms with E-state index in [9.17, 15) is 0 Å². The molecule has 1 aromatic heterocycles. The van der Waals surface area contributed by atoms with E-state index in [2.05, 4.69) is 42.2 Å². The van der Waals surface area contributed by atoms with Crippen molar-refractivity contribution in [3.8, 4) is 17.2 Å². The van der Waals surface area contributed by atoms with Crippen LogP contribution in [0, 0.1) is 11.3 Å². The van der Waals surface area contributed by atoms with Gasteiger partial charge in [0.1, 0.15) is 11.8 Å². The maximum atomic E-state index is 9.09. The molecule has 0 saturated carbocycles. The highest BCUT2D eigenvalue weighted by Crippen LogP contribution is 2.29. The monoisotopic (exact) mass is 279 g/mol. The number of benzene rings is 1. The molecular weight excluding hydrogens is 258 g/mol. The Morgan fingerprint density at radius 1 is 1.14 bits per heavy atom. The zero-order valence-corrected chi connectivity index (χ0v) is 12.7. The maximum absolute atomic E-state index is 9.09. The molecule has 1 saturated heterocycles. The molecule has 1 atom stereocenters. The van der Waals surface area contributed by atoms with Crippen LogP contribution in [0.4, 0.5) is 0 Å². The van der Waals surface area contributed by atoms with E-state index in [1.807, 2.05) is 23.9 Å². The van der Waals surface area contributed by atoms with Crippen molar-refractivity contribution >= 4 is 0 Å². The number of rotatable bonds is 3. The highest BCUT2D eigenvalue weighted by Gasteiger charge is 2.19. The number of likely N-dealkylation sites (tertiary alicyclic amines) is 1. The van der Waals surface area contributed by atoms with Crippen LogP contribution in [0.15, 0.2) is 36.5 Å². The number of aryl methyl sites for hydroxylation is 1. The summed E-state index contributed by atoms with van der Waals surface area (Å²) in [6.45, 7) is 4.70. The van der Waals surface area contributed by atoms with Crippen LogP contribution in [-0.4, -0.2) is 22.6 Å². The first-order valence-corrected chi connectivity index (χ1v) is 7.60. The molecule has 0 aliphatic carbocycles. The van der Waals surface area contributed by atoms with E-state index in [0.717, 1.165) is 5.56 Å². The predicted octanol–water partition coefficient (Wildman–Crippen LogP) is 3.72. The van der Waals surface area contributed by atoms with E-state index in [1.165, 1.54) is 37.1 Å². The van der Waals surface area contributed by atoms with Gasteiger partial charge in [-0.2, -0.15) is 5.26 Å². The molecule has 1 aliphatic heterocycles. The quantitative estimate of drug-likeness (QED) is 0.857. The van der Waals surface area contributed by atoms with E-state index in [-0.39, 0.29) is 0 Å². The van der Waals surface area contributed by atoms with Crippen molar-refractivity contribution in [3.63, 3.8) is 0 Å². The van der Waals surface area contributed by atoms with Crippen LogP contribution >= 0.6 is 0 Å². The fourth-order valence-corrected chi connectivity index (χ4v) is 3.15. The fraction of sp³-hybridized carbons (Fsp3) is 0.389. The molecule has 3 nitrogen and oxygen atoms in total. The Bertz CT molecular complexity index is 672. The third kappa shape index (κ3) is 2.72. The van der Waals surface area contributed by atoms with Gasteiger partial charge in [-0.15, -0.1) is 0 Å². The summed E-state index contributed by atoms with van der Waals surface area (Å²) < 4.78 is 1.88. The highest BCUT2D eigenvalue weighted by molar-refractivity contribution is 5.65. The van der Waals surface area contributed by atoms with Gasteiger partial charge >= 0.3 is 0 Å². The second kappa shape index (κ2) is 5.75. The standard InChI is InChI=1S/C18H21N3/c1-14(21-8-3-4-9-21)15-6-5-7-16(10-15)17-11-18(12-19)20(2)13-17/h5-7,10-11,13-14H,3-4,8-9H2,1-2H3/t14-/m0/s1. The molecule has 0 amide bonds. The van der Waals surface area contributed by atoms with Gasteiger partial charge in [-0.05, 0) is 56.1 Å². The van der Waals surface area contributed by atoms with Crippen LogP contribution in [0.25, 0.3) is 11.1 Å². The van der Waals surface area contributed by atoms with Gasteiger partial charge in [0.05, 0.1) is 0 Å². The first-order chi connectivity index (χ1) is 10.2. The first-order valence-electron chi connectivity index (χ1n) is 7.60. The molecule has 1 aliphatic rings. The predicted molar refractivity (Wildman–Crippen MR) is 84.8 cm³/mol. The number of nitrogens with zero attached hydrogens (tertiary/aromatic N) is 3. The second-order valence-corrected chi connectivity index (χ2v) is 5.88. The van der Waals surface area contributed by atoms with Gasteiger partial charge in [0.25, 0.3) is 0 Å². The Morgan fingerprint density at radius 3 is 2.57 bits per heavy atom. The fourth-order valence-electron chi connectivity index (χ4n) is 3.15. The molecule has 0 spiro atoms. The Labute approximate surface area is 126 Å². The molecule has 3 heteroatoms. The zero-order chi connectivity index (χ0) is 14.8. The minimum Gasteiger partial charge on any atom is -0.342 e. The average molecular weight is 279 g/mol. The van der Waals surface area contributed by atoms with Gasteiger partial charge in [0.15, 0.2) is 0 Å². The third-order valence-electron chi connectivity index (χ3n) is 4.51. The molecule has 2 heterocycles. The van der Waals surface area contributed by atoms with Crippen LogP contribution < -0.4 is 0 Å². The van der Waals surface area contributed by atoms with E-state index in [1.54, 1.807) is 0 Å². The van der Waals surface area contributed by atoms with Gasteiger partial charge in [-0.1, -0.05) is 18.2 Å². The lowest BCUT2D eigenvalue weighted by molar-refractivity contribution is 0.263. The van der Waals surface area contributed by atoms with Gasteiger partial charge < -0.3 is 4.57 Å². The van der Waals surface area contributed by atoms with Crippen molar-refractivity contribution in [1.29, 1.82) is 5.26 Å². The summed E-state index contributed by atoms with van der Waals surface area (Å²) in [6.07, 6.45) is 4.65. The molecule has 0 radical (unpaired) electrons. The van der Waals surface area contributed by atoms with Crippen molar-refractivity contribution in [2.24, 2.45) is 7.05 Å². The Morgan fingerprint density at radius 2 is 1.90 bits per heavy atom. The van der Waals surface area contributed by atoms with Crippen LogP contribution in [-0.2, 0) is 7.05 Å². The summed E-state index contributed by atoms with van der Waals surface area (Å²) >= 11 is 0. The SMILES string of the molecule is C[C@@H](c1cccc(-c2cc(C#N)n(C)c2)c1)N1CCCC1. The van der Waals surface area contributed by atoms with Crippen LogP contribution in [0.2, 0.25) is 0 Å². The van der Waals surface area contributed by atoms with Crippen LogP contribution in [0.1, 0.15) is 37.1 Å². The molecule has 21 heavy (non-hydrogen) atoms. The van der Waals surface area contributed by atoms with Gasteiger partial charge in [-0.25, -0.2) is 0 Å². The van der Waals surface area contributed by atoms with Crippen LogP contribution in [0.3, 0.4) is 0 Å². The molecule has 3 rings (SSSR count). The van der Waals surface area contributed by atoms with Crippen molar-refractivity contribution in [1.82, 2.24) is 9.47 Å². The Hall–Kier alpha value is -2.05. The largest absolute Gasteiger partial charge is 0.342 e. The number of nitriles is 1. The van der Waals surface area contributed by atoms with Crippen molar-refractivity contribution in [2.45, 2.75) is 25.8 Å². The lowest BCUT2D eigenvalue weighted by Gasteiger charge is -2.24. The van der Waals surface area contributed by atoms with E-state index in [0.29, 0.717) is 11.7 Å². The summed E-state index contributed by atoms with van der Waals surface area (Å²) in [6, 6.07) is 13.4.